The third-order valence-electron chi connectivity index (χ3n) is 4.64. The summed E-state index contributed by atoms with van der Waals surface area (Å²) in [7, 11) is 0. The molecule has 0 aromatic carbocycles. The molecule has 1 heterocycles. The molecular weight excluding hydrogens is 248 g/mol. The van der Waals surface area contributed by atoms with Gasteiger partial charge in [0, 0.05) is 18.3 Å². The third kappa shape index (κ3) is 3.72. The number of nitrogens with one attached hydrogen (secondary N) is 1. The van der Waals surface area contributed by atoms with Crippen molar-refractivity contribution < 1.29 is 5.11 Å². The molecule has 0 amide bonds. The number of nitrogens with zero attached hydrogens (tertiary/aromatic N) is 1. The molecule has 3 nitrogen and oxygen atoms in total. The summed E-state index contributed by atoms with van der Waals surface area (Å²) in [5, 5.41) is 13.5. The van der Waals surface area contributed by atoms with Gasteiger partial charge in [-0.05, 0) is 49.7 Å². The number of hydrogen-bond acceptors (Lipinski definition) is 3. The lowest BCUT2D eigenvalue weighted by atomic mass is 9.74. The van der Waals surface area contributed by atoms with Gasteiger partial charge in [0.25, 0.3) is 0 Å². The standard InChI is InChI=1S/C17H28N2O/c1-11(2)14-7-5-12(3)9-15(14)18-10-16-17(20)8-6-13(4)19-16/h6,8,11-12,14-15,18,20H,5,7,9-10H2,1-4H3. The van der Waals surface area contributed by atoms with Crippen LogP contribution in [0.4, 0.5) is 0 Å². The van der Waals surface area contributed by atoms with Crippen molar-refractivity contribution in [3.63, 3.8) is 0 Å². The maximum absolute atomic E-state index is 9.89. The second kappa shape index (κ2) is 6.57. The predicted molar refractivity (Wildman–Crippen MR) is 82.6 cm³/mol. The van der Waals surface area contributed by atoms with Crippen LogP contribution in [0.5, 0.6) is 5.75 Å². The van der Waals surface area contributed by atoms with E-state index in [-0.39, 0.29) is 0 Å². The van der Waals surface area contributed by atoms with E-state index in [2.05, 4.69) is 31.1 Å². The van der Waals surface area contributed by atoms with E-state index in [0.717, 1.165) is 23.2 Å². The van der Waals surface area contributed by atoms with E-state index in [1.807, 2.05) is 13.0 Å². The van der Waals surface area contributed by atoms with Crippen molar-refractivity contribution in [3.8, 4) is 5.75 Å². The van der Waals surface area contributed by atoms with Crippen molar-refractivity contribution in [1.29, 1.82) is 0 Å². The van der Waals surface area contributed by atoms with Gasteiger partial charge in [-0.2, -0.15) is 0 Å². The molecule has 1 aliphatic rings. The highest BCUT2D eigenvalue weighted by molar-refractivity contribution is 5.27. The van der Waals surface area contributed by atoms with Crippen molar-refractivity contribution in [2.24, 2.45) is 17.8 Å². The zero-order chi connectivity index (χ0) is 14.7. The summed E-state index contributed by atoms with van der Waals surface area (Å²) < 4.78 is 0. The Balaban J connectivity index is 2.01. The Labute approximate surface area is 122 Å². The first kappa shape index (κ1) is 15.3. The normalized spacial score (nSPS) is 26.9. The van der Waals surface area contributed by atoms with Gasteiger partial charge < -0.3 is 10.4 Å². The van der Waals surface area contributed by atoms with Crippen LogP contribution in [0.25, 0.3) is 0 Å². The average molecular weight is 276 g/mol. The molecule has 2 N–H and O–H groups in total. The summed E-state index contributed by atoms with van der Waals surface area (Å²) in [6.45, 7) is 9.60. The highest BCUT2D eigenvalue weighted by Gasteiger charge is 2.30. The first-order chi connectivity index (χ1) is 9.47. The van der Waals surface area contributed by atoms with Gasteiger partial charge in [-0.15, -0.1) is 0 Å². The predicted octanol–water partition coefficient (Wildman–Crippen LogP) is 3.65. The molecule has 20 heavy (non-hydrogen) atoms. The fraction of sp³-hybridized carbons (Fsp3) is 0.706. The van der Waals surface area contributed by atoms with E-state index in [1.54, 1.807) is 6.07 Å². The number of aromatic nitrogens is 1. The number of pyridine rings is 1. The molecular formula is C17H28N2O. The number of hydrogen-bond donors (Lipinski definition) is 2. The maximum Gasteiger partial charge on any atom is 0.138 e. The monoisotopic (exact) mass is 276 g/mol. The summed E-state index contributed by atoms with van der Waals surface area (Å²) in [5.74, 6) is 2.53. The highest BCUT2D eigenvalue weighted by atomic mass is 16.3. The molecule has 1 fully saturated rings. The largest absolute Gasteiger partial charge is 0.506 e. The molecule has 3 unspecified atom stereocenters. The zero-order valence-electron chi connectivity index (χ0n) is 13.2. The molecule has 1 saturated carbocycles. The quantitative estimate of drug-likeness (QED) is 0.882. The molecule has 3 atom stereocenters. The van der Waals surface area contributed by atoms with Gasteiger partial charge in [0.2, 0.25) is 0 Å². The molecule has 112 valence electrons. The Morgan fingerprint density at radius 1 is 1.35 bits per heavy atom. The number of aromatic hydroxyl groups is 1. The fourth-order valence-electron chi connectivity index (χ4n) is 3.40. The van der Waals surface area contributed by atoms with Crippen molar-refractivity contribution in [2.45, 2.75) is 59.5 Å². The van der Waals surface area contributed by atoms with Crippen LogP contribution in [0, 0.1) is 24.7 Å². The Hall–Kier alpha value is -1.09. The molecule has 0 radical (unpaired) electrons. The minimum Gasteiger partial charge on any atom is -0.506 e. The van der Waals surface area contributed by atoms with Gasteiger partial charge in [-0.1, -0.05) is 27.2 Å². The van der Waals surface area contributed by atoms with Gasteiger partial charge in [-0.3, -0.25) is 4.98 Å². The van der Waals surface area contributed by atoms with Crippen LogP contribution in [0.3, 0.4) is 0 Å². The van der Waals surface area contributed by atoms with Crippen LogP contribution >= 0.6 is 0 Å². The van der Waals surface area contributed by atoms with Gasteiger partial charge in [-0.25, -0.2) is 0 Å². The van der Waals surface area contributed by atoms with Gasteiger partial charge in [0.05, 0.1) is 5.69 Å². The summed E-state index contributed by atoms with van der Waals surface area (Å²) in [6.07, 6.45) is 3.88. The van der Waals surface area contributed by atoms with Crippen molar-refractivity contribution >= 4 is 0 Å². The summed E-state index contributed by atoms with van der Waals surface area (Å²) in [5.41, 5.74) is 1.72. The van der Waals surface area contributed by atoms with Crippen LogP contribution in [-0.4, -0.2) is 16.1 Å². The summed E-state index contributed by atoms with van der Waals surface area (Å²) in [4.78, 5) is 4.43. The number of aryl methyl sites for hydroxylation is 1. The van der Waals surface area contributed by atoms with E-state index >= 15 is 0 Å². The summed E-state index contributed by atoms with van der Waals surface area (Å²) >= 11 is 0. The van der Waals surface area contributed by atoms with Crippen LogP contribution < -0.4 is 5.32 Å². The fourth-order valence-corrected chi connectivity index (χ4v) is 3.40. The second-order valence-corrected chi connectivity index (χ2v) is 6.73. The van der Waals surface area contributed by atoms with Gasteiger partial charge in [0.1, 0.15) is 5.75 Å². The van der Waals surface area contributed by atoms with Crippen molar-refractivity contribution in [2.75, 3.05) is 0 Å². The van der Waals surface area contributed by atoms with Crippen LogP contribution in [0.2, 0.25) is 0 Å². The maximum atomic E-state index is 9.89. The number of rotatable bonds is 4. The minimum absolute atomic E-state index is 0.299. The Morgan fingerprint density at radius 3 is 2.80 bits per heavy atom. The Kier molecular flexibility index (Phi) is 5.03. The first-order valence-electron chi connectivity index (χ1n) is 7.86. The smallest absolute Gasteiger partial charge is 0.138 e. The molecule has 0 bridgehead atoms. The zero-order valence-corrected chi connectivity index (χ0v) is 13.2. The lowest BCUT2D eigenvalue weighted by molar-refractivity contribution is 0.168. The van der Waals surface area contributed by atoms with E-state index < -0.39 is 0 Å². The average Bonchev–Trinajstić information content (AvgIpc) is 2.39. The Morgan fingerprint density at radius 2 is 2.10 bits per heavy atom. The molecule has 1 aromatic heterocycles. The first-order valence-corrected chi connectivity index (χ1v) is 7.86. The third-order valence-corrected chi connectivity index (χ3v) is 4.64. The van der Waals surface area contributed by atoms with Crippen LogP contribution in [-0.2, 0) is 6.54 Å². The minimum atomic E-state index is 0.299. The molecule has 1 aromatic rings. The molecule has 3 heteroatoms. The van der Waals surface area contributed by atoms with Gasteiger partial charge in [0.15, 0.2) is 0 Å². The van der Waals surface area contributed by atoms with E-state index in [9.17, 15) is 5.11 Å². The lowest BCUT2D eigenvalue weighted by Gasteiger charge is -2.38. The Bertz CT molecular complexity index is 445. The van der Waals surface area contributed by atoms with E-state index in [0.29, 0.717) is 24.3 Å². The van der Waals surface area contributed by atoms with E-state index in [4.69, 9.17) is 0 Å². The second-order valence-electron chi connectivity index (χ2n) is 6.73. The van der Waals surface area contributed by atoms with Crippen LogP contribution in [0.15, 0.2) is 12.1 Å². The highest BCUT2D eigenvalue weighted by Crippen LogP contribution is 2.33. The van der Waals surface area contributed by atoms with Crippen LogP contribution in [0.1, 0.15) is 51.4 Å². The molecule has 2 rings (SSSR count). The lowest BCUT2D eigenvalue weighted by Crippen LogP contribution is -2.42. The molecule has 0 aliphatic heterocycles. The topological polar surface area (TPSA) is 45.1 Å². The van der Waals surface area contributed by atoms with Crippen molar-refractivity contribution in [1.82, 2.24) is 10.3 Å². The SMILES string of the molecule is Cc1ccc(O)c(CNC2CC(C)CCC2C(C)C)n1. The molecule has 0 saturated heterocycles. The van der Waals surface area contributed by atoms with E-state index in [1.165, 1.54) is 19.3 Å². The molecule has 0 spiro atoms. The van der Waals surface area contributed by atoms with Crippen molar-refractivity contribution in [3.05, 3.63) is 23.5 Å². The molecule has 1 aliphatic carbocycles. The summed E-state index contributed by atoms with van der Waals surface area (Å²) in [6, 6.07) is 4.13. The van der Waals surface area contributed by atoms with Gasteiger partial charge >= 0.3 is 0 Å².